The van der Waals surface area contributed by atoms with E-state index in [1.54, 1.807) is 12.1 Å². The number of anilines is 1. The number of carbonyl (C=O) groups excluding carboxylic acids is 2. The Hall–Kier alpha value is -2.15. The minimum absolute atomic E-state index is 0.113. The first-order valence-electron chi connectivity index (χ1n) is 8.47. The lowest BCUT2D eigenvalue weighted by Crippen LogP contribution is -3.12. The molecule has 0 radical (unpaired) electrons. The lowest BCUT2D eigenvalue weighted by Gasteiger charge is -2.18. The minimum Gasteiger partial charge on any atom is -0.334 e. The highest BCUT2D eigenvalue weighted by Gasteiger charge is 2.31. The van der Waals surface area contributed by atoms with Crippen molar-refractivity contribution in [2.75, 3.05) is 37.6 Å². The van der Waals surface area contributed by atoms with Crippen LogP contribution in [0.3, 0.4) is 0 Å². The molecule has 1 aliphatic rings. The van der Waals surface area contributed by atoms with Gasteiger partial charge in [0.15, 0.2) is 0 Å². The highest BCUT2D eigenvalue weighted by atomic mass is 19.1. The van der Waals surface area contributed by atoms with Crippen molar-refractivity contribution in [3.05, 3.63) is 30.1 Å². The van der Waals surface area contributed by atoms with Crippen LogP contribution in [0.15, 0.2) is 24.3 Å². The molecule has 0 saturated carbocycles. The second-order valence-corrected chi connectivity index (χ2v) is 5.99. The van der Waals surface area contributed by atoms with Gasteiger partial charge in [0.1, 0.15) is 5.82 Å². The van der Waals surface area contributed by atoms with Gasteiger partial charge in [-0.05, 0) is 32.0 Å². The summed E-state index contributed by atoms with van der Waals surface area (Å²) in [5.41, 5.74) is 0.523. The Balaban J connectivity index is 1.80. The summed E-state index contributed by atoms with van der Waals surface area (Å²) in [7, 11) is 0. The lowest BCUT2D eigenvalue weighted by atomic mass is 10.2. The summed E-state index contributed by atoms with van der Waals surface area (Å²) in [6.07, 6.45) is 0.227. The highest BCUT2D eigenvalue weighted by molar-refractivity contribution is 5.96. The van der Waals surface area contributed by atoms with Crippen molar-refractivity contribution in [2.45, 2.75) is 26.3 Å². The molecule has 0 spiro atoms. The summed E-state index contributed by atoms with van der Waals surface area (Å²) < 4.78 is 13.3. The Labute approximate surface area is 142 Å². The monoisotopic (exact) mass is 337 g/mol. The average Bonchev–Trinajstić information content (AvgIpc) is 2.92. The molecule has 0 bridgehead atoms. The van der Waals surface area contributed by atoms with Gasteiger partial charge in [0.2, 0.25) is 5.91 Å². The van der Waals surface area contributed by atoms with Crippen molar-refractivity contribution < 1.29 is 18.9 Å². The van der Waals surface area contributed by atoms with Gasteiger partial charge in [0.05, 0.1) is 32.2 Å². The number of nitrogens with zero attached hydrogens (tertiary/aromatic N) is 1. The lowest BCUT2D eigenvalue weighted by molar-refractivity contribution is -0.895. The number of benzene rings is 1. The molecule has 0 aromatic heterocycles. The van der Waals surface area contributed by atoms with Gasteiger partial charge >= 0.3 is 6.03 Å². The van der Waals surface area contributed by atoms with E-state index in [1.165, 1.54) is 21.9 Å². The number of carbonyl (C=O) groups is 2. The highest BCUT2D eigenvalue weighted by Crippen LogP contribution is 2.22. The number of hydrogen-bond acceptors (Lipinski definition) is 2. The fourth-order valence-corrected chi connectivity index (χ4v) is 2.89. The standard InChI is InChI=1S/C17H25FN4O2/c1-3-21(4-2)9-8-19-17(24)20-14-11-16(23)22(12-14)15-7-5-6-13(18)10-15/h5-7,10,14H,3-4,8-9,11-12H2,1-2H3,(H2,19,20,24)/p+1/t14-/m0/s1. The Morgan fingerprint density at radius 3 is 2.79 bits per heavy atom. The van der Waals surface area contributed by atoms with Crippen molar-refractivity contribution in [3.63, 3.8) is 0 Å². The molecule has 3 amide bonds. The summed E-state index contributed by atoms with van der Waals surface area (Å²) in [4.78, 5) is 27.0. The van der Waals surface area contributed by atoms with E-state index in [1.807, 2.05) is 0 Å². The summed E-state index contributed by atoms with van der Waals surface area (Å²) in [6, 6.07) is 5.40. The van der Waals surface area contributed by atoms with E-state index in [2.05, 4.69) is 24.5 Å². The summed E-state index contributed by atoms with van der Waals surface area (Å²) in [5, 5.41) is 5.64. The van der Waals surface area contributed by atoms with Crippen LogP contribution in [0.2, 0.25) is 0 Å². The van der Waals surface area contributed by atoms with E-state index in [-0.39, 0.29) is 30.2 Å². The van der Waals surface area contributed by atoms with Crippen LogP contribution < -0.4 is 20.4 Å². The average molecular weight is 337 g/mol. The maximum atomic E-state index is 13.3. The van der Waals surface area contributed by atoms with Gasteiger partial charge in [0.25, 0.3) is 0 Å². The molecule has 1 saturated heterocycles. The smallest absolute Gasteiger partial charge is 0.315 e. The fourth-order valence-electron chi connectivity index (χ4n) is 2.89. The Morgan fingerprint density at radius 2 is 2.12 bits per heavy atom. The molecule has 7 heteroatoms. The number of nitrogens with one attached hydrogen (secondary N) is 3. The van der Waals surface area contributed by atoms with Gasteiger partial charge in [-0.3, -0.25) is 4.79 Å². The topological polar surface area (TPSA) is 65.9 Å². The minimum atomic E-state index is -0.381. The molecular weight excluding hydrogens is 311 g/mol. The van der Waals surface area contributed by atoms with Gasteiger partial charge in [0, 0.05) is 18.7 Å². The van der Waals surface area contributed by atoms with Gasteiger partial charge < -0.3 is 20.4 Å². The summed E-state index contributed by atoms with van der Waals surface area (Å²) in [5.74, 6) is -0.494. The van der Waals surface area contributed by atoms with Crippen LogP contribution in [0.1, 0.15) is 20.3 Å². The molecule has 1 aromatic rings. The van der Waals surface area contributed by atoms with E-state index in [4.69, 9.17) is 0 Å². The second-order valence-electron chi connectivity index (χ2n) is 5.99. The van der Waals surface area contributed by atoms with Crippen LogP contribution in [0, 0.1) is 5.82 Å². The molecule has 1 aliphatic heterocycles. The maximum Gasteiger partial charge on any atom is 0.315 e. The van der Waals surface area contributed by atoms with E-state index in [9.17, 15) is 14.0 Å². The molecule has 1 atom stereocenters. The second kappa shape index (κ2) is 8.63. The van der Waals surface area contributed by atoms with Gasteiger partial charge in [-0.15, -0.1) is 0 Å². The number of urea groups is 1. The Kier molecular flexibility index (Phi) is 6.54. The zero-order valence-electron chi connectivity index (χ0n) is 14.3. The SMILES string of the molecule is CC[NH+](CC)CCNC(=O)N[C@H]1CC(=O)N(c2cccc(F)c2)C1. The van der Waals surface area contributed by atoms with Crippen LogP contribution in [-0.4, -0.2) is 50.7 Å². The molecule has 1 aromatic carbocycles. The van der Waals surface area contributed by atoms with Crippen LogP contribution in [0.25, 0.3) is 0 Å². The third-order valence-corrected chi connectivity index (χ3v) is 4.34. The number of amides is 3. The largest absolute Gasteiger partial charge is 0.334 e. The predicted octanol–water partition coefficient (Wildman–Crippen LogP) is 0.155. The van der Waals surface area contributed by atoms with Crippen LogP contribution in [-0.2, 0) is 4.79 Å². The molecule has 3 N–H and O–H groups in total. The van der Waals surface area contributed by atoms with E-state index in [0.717, 1.165) is 19.6 Å². The molecule has 24 heavy (non-hydrogen) atoms. The summed E-state index contributed by atoms with van der Waals surface area (Å²) >= 11 is 0. The number of halogens is 1. The molecule has 132 valence electrons. The van der Waals surface area contributed by atoms with Gasteiger partial charge in [-0.1, -0.05) is 6.07 Å². The Bertz CT molecular complexity index is 577. The number of likely N-dealkylation sites (N-methyl/N-ethyl adjacent to an activating group) is 1. The predicted molar refractivity (Wildman–Crippen MR) is 90.6 cm³/mol. The van der Waals surface area contributed by atoms with Crippen LogP contribution >= 0.6 is 0 Å². The van der Waals surface area contributed by atoms with Crippen molar-refractivity contribution in [1.29, 1.82) is 0 Å². The molecular formula is C17H26FN4O2+. The molecule has 0 unspecified atom stereocenters. The van der Waals surface area contributed by atoms with E-state index in [0.29, 0.717) is 18.8 Å². The third-order valence-electron chi connectivity index (χ3n) is 4.34. The Morgan fingerprint density at radius 1 is 1.38 bits per heavy atom. The zero-order valence-corrected chi connectivity index (χ0v) is 14.3. The molecule has 0 aliphatic carbocycles. The number of rotatable bonds is 7. The van der Waals surface area contributed by atoms with E-state index >= 15 is 0 Å². The maximum absolute atomic E-state index is 13.3. The quantitative estimate of drug-likeness (QED) is 0.663. The number of hydrogen-bond donors (Lipinski definition) is 3. The first-order chi connectivity index (χ1) is 11.5. The molecule has 1 heterocycles. The van der Waals surface area contributed by atoms with E-state index < -0.39 is 0 Å². The van der Waals surface area contributed by atoms with Crippen molar-refractivity contribution >= 4 is 17.6 Å². The normalized spacial score (nSPS) is 17.4. The fraction of sp³-hybridized carbons (Fsp3) is 0.529. The van der Waals surface area contributed by atoms with Gasteiger partial charge in [-0.2, -0.15) is 0 Å². The summed E-state index contributed by atoms with van der Waals surface area (Å²) in [6.45, 7) is 8.11. The first kappa shape index (κ1) is 18.2. The van der Waals surface area contributed by atoms with Gasteiger partial charge in [-0.25, -0.2) is 9.18 Å². The van der Waals surface area contributed by atoms with Crippen LogP contribution in [0.4, 0.5) is 14.9 Å². The molecule has 1 fully saturated rings. The van der Waals surface area contributed by atoms with Crippen molar-refractivity contribution in [3.8, 4) is 0 Å². The first-order valence-corrected chi connectivity index (χ1v) is 8.47. The third kappa shape index (κ3) is 4.92. The van der Waals surface area contributed by atoms with Crippen molar-refractivity contribution in [1.82, 2.24) is 10.6 Å². The van der Waals surface area contributed by atoms with Crippen molar-refractivity contribution in [2.24, 2.45) is 0 Å². The molecule has 6 nitrogen and oxygen atoms in total. The molecule has 2 rings (SSSR count). The zero-order chi connectivity index (χ0) is 17.5. The number of quaternary nitrogens is 1. The van der Waals surface area contributed by atoms with Crippen LogP contribution in [0.5, 0.6) is 0 Å².